The molecule has 10 heteroatoms. The number of nitrogens with two attached hydrogens (primary N) is 1. The van der Waals surface area contributed by atoms with E-state index in [-0.39, 0.29) is 22.8 Å². The van der Waals surface area contributed by atoms with Gasteiger partial charge in [-0.2, -0.15) is 13.2 Å². The summed E-state index contributed by atoms with van der Waals surface area (Å²) in [6.45, 7) is 3.62. The molecule has 1 saturated heterocycles. The lowest BCUT2D eigenvalue weighted by Gasteiger charge is -2.21. The molecule has 0 aromatic carbocycles. The Kier molecular flexibility index (Phi) is 4.23. The number of rotatable bonds is 3. The molecule has 3 rings (SSSR count). The van der Waals surface area contributed by atoms with Gasteiger partial charge in [-0.15, -0.1) is 5.10 Å². The Bertz CT molecular complexity index is 772. The number of alkyl halides is 3. The van der Waals surface area contributed by atoms with Crippen LogP contribution in [0.4, 0.5) is 13.2 Å². The Morgan fingerprint density at radius 3 is 2.72 bits per heavy atom. The molecule has 25 heavy (non-hydrogen) atoms. The predicted molar refractivity (Wildman–Crippen MR) is 81.8 cm³/mol. The van der Waals surface area contributed by atoms with Gasteiger partial charge in [0.05, 0.1) is 11.8 Å². The van der Waals surface area contributed by atoms with Crippen LogP contribution in [0.25, 0.3) is 5.82 Å². The molecule has 2 N–H and O–H groups in total. The van der Waals surface area contributed by atoms with E-state index < -0.39 is 11.7 Å². The van der Waals surface area contributed by atoms with Crippen LogP contribution >= 0.6 is 0 Å². The van der Waals surface area contributed by atoms with Crippen LogP contribution in [0.3, 0.4) is 0 Å². The zero-order valence-corrected chi connectivity index (χ0v) is 13.5. The Morgan fingerprint density at radius 2 is 2.16 bits per heavy atom. The maximum Gasteiger partial charge on any atom is 0.417 e. The van der Waals surface area contributed by atoms with Crippen LogP contribution in [0.2, 0.25) is 0 Å². The molecule has 0 spiro atoms. The molecule has 134 valence electrons. The van der Waals surface area contributed by atoms with Crippen molar-refractivity contribution in [3.8, 4) is 5.82 Å². The molecule has 1 aliphatic heterocycles. The number of likely N-dealkylation sites (tertiary alicyclic amines) is 1. The smallest absolute Gasteiger partial charge is 0.337 e. The van der Waals surface area contributed by atoms with Gasteiger partial charge in [0.1, 0.15) is 0 Å². The summed E-state index contributed by atoms with van der Waals surface area (Å²) in [5.74, 6) is -0.136. The van der Waals surface area contributed by atoms with Gasteiger partial charge in [-0.3, -0.25) is 4.79 Å². The standard InChI is InChI=1S/C15H17F3N6O/c1-14(8-19)4-5-23(9-14)13(25)11-7-24(22-21-11)12-3-2-10(6-20-12)15(16,17)18/h2-3,6-7H,4-5,8-9,19H2,1H3. The Labute approximate surface area is 141 Å². The first-order chi connectivity index (χ1) is 11.7. The first-order valence-electron chi connectivity index (χ1n) is 7.67. The normalized spacial score (nSPS) is 20.9. The van der Waals surface area contributed by atoms with Crippen molar-refractivity contribution in [2.24, 2.45) is 11.1 Å². The van der Waals surface area contributed by atoms with Gasteiger partial charge < -0.3 is 10.6 Å². The second-order valence-corrected chi connectivity index (χ2v) is 6.44. The topological polar surface area (TPSA) is 89.9 Å². The van der Waals surface area contributed by atoms with Crippen LogP contribution < -0.4 is 5.73 Å². The van der Waals surface area contributed by atoms with Crippen LogP contribution in [0.1, 0.15) is 29.4 Å². The van der Waals surface area contributed by atoms with Gasteiger partial charge in [-0.25, -0.2) is 9.67 Å². The van der Waals surface area contributed by atoms with Crippen molar-refractivity contribution in [3.63, 3.8) is 0 Å². The number of aromatic nitrogens is 4. The minimum absolute atomic E-state index is 0.110. The van der Waals surface area contributed by atoms with E-state index in [0.29, 0.717) is 25.8 Å². The number of hydrogen-bond acceptors (Lipinski definition) is 5. The van der Waals surface area contributed by atoms with Crippen molar-refractivity contribution in [2.45, 2.75) is 19.5 Å². The summed E-state index contributed by atoms with van der Waals surface area (Å²) in [7, 11) is 0. The number of halogens is 3. The minimum Gasteiger partial charge on any atom is -0.337 e. The highest BCUT2D eigenvalue weighted by Crippen LogP contribution is 2.30. The van der Waals surface area contributed by atoms with Gasteiger partial charge in [0.15, 0.2) is 11.5 Å². The third kappa shape index (κ3) is 3.48. The van der Waals surface area contributed by atoms with Crippen molar-refractivity contribution in [3.05, 3.63) is 35.8 Å². The Balaban J connectivity index is 1.75. The predicted octanol–water partition coefficient (Wildman–Crippen LogP) is 1.49. The first-order valence-corrected chi connectivity index (χ1v) is 7.67. The summed E-state index contributed by atoms with van der Waals surface area (Å²) in [5, 5.41) is 7.59. The van der Waals surface area contributed by atoms with Gasteiger partial charge in [0, 0.05) is 19.3 Å². The number of carbonyl (C=O) groups excluding carboxylic acids is 1. The average Bonchev–Trinajstić information content (AvgIpc) is 3.21. The summed E-state index contributed by atoms with van der Waals surface area (Å²) in [6, 6.07) is 2.08. The van der Waals surface area contributed by atoms with Crippen molar-refractivity contribution >= 4 is 5.91 Å². The molecule has 1 fully saturated rings. The van der Waals surface area contributed by atoms with Crippen molar-refractivity contribution in [2.75, 3.05) is 19.6 Å². The molecule has 3 heterocycles. The van der Waals surface area contributed by atoms with Gasteiger partial charge in [-0.05, 0) is 30.5 Å². The summed E-state index contributed by atoms with van der Waals surface area (Å²) in [5.41, 5.74) is 4.88. The fourth-order valence-electron chi connectivity index (χ4n) is 2.69. The number of amides is 1. The van der Waals surface area contributed by atoms with E-state index in [2.05, 4.69) is 15.3 Å². The second-order valence-electron chi connectivity index (χ2n) is 6.44. The lowest BCUT2D eigenvalue weighted by atomic mass is 9.90. The molecule has 1 atom stereocenters. The van der Waals surface area contributed by atoms with Crippen molar-refractivity contribution in [1.82, 2.24) is 24.9 Å². The average molecular weight is 354 g/mol. The highest BCUT2D eigenvalue weighted by Gasteiger charge is 2.36. The van der Waals surface area contributed by atoms with Crippen molar-refractivity contribution < 1.29 is 18.0 Å². The summed E-state index contributed by atoms with van der Waals surface area (Å²) in [6.07, 6.45) is -1.58. The van der Waals surface area contributed by atoms with Crippen LogP contribution in [-0.4, -0.2) is 50.4 Å². The number of nitrogens with zero attached hydrogens (tertiary/aromatic N) is 5. The van der Waals surface area contributed by atoms with Crippen molar-refractivity contribution in [1.29, 1.82) is 0 Å². The summed E-state index contributed by atoms with van der Waals surface area (Å²) < 4.78 is 38.9. The molecule has 0 aliphatic carbocycles. The molecule has 1 amide bonds. The SMILES string of the molecule is CC1(CN)CCN(C(=O)c2cn(-c3ccc(C(F)(F)F)cn3)nn2)C1. The second kappa shape index (κ2) is 6.10. The van der Waals surface area contributed by atoms with Crippen LogP contribution in [0, 0.1) is 5.41 Å². The van der Waals surface area contributed by atoms with Crippen LogP contribution in [0.5, 0.6) is 0 Å². The van der Waals surface area contributed by atoms with Crippen LogP contribution in [-0.2, 0) is 6.18 Å². The number of carbonyl (C=O) groups is 1. The quantitative estimate of drug-likeness (QED) is 0.902. The molecule has 0 bridgehead atoms. The summed E-state index contributed by atoms with van der Waals surface area (Å²) >= 11 is 0. The van der Waals surface area contributed by atoms with E-state index in [9.17, 15) is 18.0 Å². The zero-order chi connectivity index (χ0) is 18.2. The Morgan fingerprint density at radius 1 is 1.40 bits per heavy atom. The molecular weight excluding hydrogens is 337 g/mol. The number of hydrogen-bond donors (Lipinski definition) is 1. The first kappa shape index (κ1) is 17.3. The largest absolute Gasteiger partial charge is 0.417 e. The van der Waals surface area contributed by atoms with E-state index in [0.717, 1.165) is 12.5 Å². The molecule has 1 aliphatic rings. The number of pyridine rings is 1. The Hall–Kier alpha value is -2.49. The van der Waals surface area contributed by atoms with Gasteiger partial charge >= 0.3 is 6.18 Å². The molecule has 2 aromatic rings. The van der Waals surface area contributed by atoms with Gasteiger partial charge in [-0.1, -0.05) is 12.1 Å². The fourth-order valence-corrected chi connectivity index (χ4v) is 2.69. The highest BCUT2D eigenvalue weighted by atomic mass is 19.4. The molecule has 1 unspecified atom stereocenters. The molecule has 0 radical (unpaired) electrons. The third-order valence-electron chi connectivity index (χ3n) is 4.36. The van der Waals surface area contributed by atoms with Crippen LogP contribution in [0.15, 0.2) is 24.5 Å². The molecule has 2 aromatic heterocycles. The van der Waals surface area contributed by atoms with E-state index >= 15 is 0 Å². The summed E-state index contributed by atoms with van der Waals surface area (Å²) in [4.78, 5) is 17.9. The lowest BCUT2D eigenvalue weighted by Crippen LogP contribution is -2.34. The molecule has 7 nitrogen and oxygen atoms in total. The lowest BCUT2D eigenvalue weighted by molar-refractivity contribution is -0.137. The highest BCUT2D eigenvalue weighted by molar-refractivity contribution is 5.92. The maximum atomic E-state index is 12.6. The molecule has 0 saturated carbocycles. The van der Waals surface area contributed by atoms with Gasteiger partial charge in [0.25, 0.3) is 5.91 Å². The maximum absolute atomic E-state index is 12.6. The zero-order valence-electron chi connectivity index (χ0n) is 13.5. The van der Waals surface area contributed by atoms with E-state index in [1.54, 1.807) is 4.90 Å². The molecular formula is C15H17F3N6O. The third-order valence-corrected chi connectivity index (χ3v) is 4.36. The fraction of sp³-hybridized carbons (Fsp3) is 0.467. The van der Waals surface area contributed by atoms with E-state index in [1.165, 1.54) is 16.9 Å². The van der Waals surface area contributed by atoms with E-state index in [4.69, 9.17) is 5.73 Å². The minimum atomic E-state index is -4.46. The van der Waals surface area contributed by atoms with E-state index in [1.807, 2.05) is 6.92 Å². The monoisotopic (exact) mass is 354 g/mol. The van der Waals surface area contributed by atoms with Gasteiger partial charge in [0.2, 0.25) is 0 Å².